The SMILES string of the molecule is CC(C)(C)OC(=O)N1CCC(COC(=O)Nc2ccccc2-c2nc(C(F)F)cs2)CC1. The molecule has 0 spiro atoms. The molecule has 7 nitrogen and oxygen atoms in total. The van der Waals surface area contributed by atoms with E-state index >= 15 is 0 Å². The topological polar surface area (TPSA) is 80.8 Å². The minimum absolute atomic E-state index is 0.141. The van der Waals surface area contributed by atoms with Crippen molar-refractivity contribution < 1.29 is 27.8 Å². The van der Waals surface area contributed by atoms with Crippen LogP contribution in [0.25, 0.3) is 10.6 Å². The molecule has 2 amide bonds. The average molecular weight is 468 g/mol. The maximum Gasteiger partial charge on any atom is 0.411 e. The highest BCUT2D eigenvalue weighted by atomic mass is 32.1. The van der Waals surface area contributed by atoms with E-state index in [9.17, 15) is 18.4 Å². The van der Waals surface area contributed by atoms with E-state index in [-0.39, 0.29) is 24.3 Å². The van der Waals surface area contributed by atoms with Crippen molar-refractivity contribution in [3.05, 3.63) is 35.3 Å². The Labute approximate surface area is 189 Å². The molecule has 1 fully saturated rings. The van der Waals surface area contributed by atoms with E-state index in [1.807, 2.05) is 20.8 Å². The van der Waals surface area contributed by atoms with Gasteiger partial charge in [0.1, 0.15) is 16.3 Å². The summed E-state index contributed by atoms with van der Waals surface area (Å²) in [5, 5.41) is 4.37. The van der Waals surface area contributed by atoms with Gasteiger partial charge in [-0.2, -0.15) is 0 Å². The number of carbonyl (C=O) groups excluding carboxylic acids is 2. The number of ether oxygens (including phenoxy) is 2. The zero-order valence-electron chi connectivity index (χ0n) is 18.3. The molecule has 0 aliphatic carbocycles. The number of para-hydroxylation sites is 1. The molecule has 2 heterocycles. The number of nitrogens with zero attached hydrogens (tertiary/aromatic N) is 2. The molecular weight excluding hydrogens is 440 g/mol. The van der Waals surface area contributed by atoms with Crippen LogP contribution in [0.2, 0.25) is 0 Å². The fourth-order valence-electron chi connectivity index (χ4n) is 3.24. The van der Waals surface area contributed by atoms with E-state index in [1.54, 1.807) is 29.2 Å². The summed E-state index contributed by atoms with van der Waals surface area (Å²) in [6, 6.07) is 6.84. The molecule has 0 radical (unpaired) electrons. The van der Waals surface area contributed by atoms with Gasteiger partial charge in [-0.25, -0.2) is 23.4 Å². The van der Waals surface area contributed by atoms with Crippen molar-refractivity contribution in [1.29, 1.82) is 0 Å². The van der Waals surface area contributed by atoms with Crippen LogP contribution in [0.3, 0.4) is 0 Å². The first-order valence-corrected chi connectivity index (χ1v) is 11.2. The number of anilines is 1. The van der Waals surface area contributed by atoms with Gasteiger partial charge in [0.15, 0.2) is 0 Å². The van der Waals surface area contributed by atoms with Gasteiger partial charge in [0, 0.05) is 24.0 Å². The molecule has 1 N–H and O–H groups in total. The Morgan fingerprint density at radius 1 is 1.25 bits per heavy atom. The average Bonchev–Trinajstić information content (AvgIpc) is 3.22. The molecule has 0 atom stereocenters. The highest BCUT2D eigenvalue weighted by molar-refractivity contribution is 7.13. The minimum atomic E-state index is -2.65. The lowest BCUT2D eigenvalue weighted by atomic mass is 9.98. The predicted molar refractivity (Wildman–Crippen MR) is 118 cm³/mol. The largest absolute Gasteiger partial charge is 0.449 e. The maximum atomic E-state index is 12.9. The van der Waals surface area contributed by atoms with Crippen molar-refractivity contribution >= 4 is 29.2 Å². The van der Waals surface area contributed by atoms with Gasteiger partial charge < -0.3 is 14.4 Å². The molecule has 0 unspecified atom stereocenters. The van der Waals surface area contributed by atoms with Crippen LogP contribution in [-0.2, 0) is 9.47 Å². The standard InChI is InChI=1S/C22H27F2N3O4S/c1-22(2,3)31-21(29)27-10-8-14(9-11-27)12-30-20(28)26-16-7-5-4-6-15(16)19-25-17(13-32-19)18(23)24/h4-7,13-14,18H,8-12H2,1-3H3,(H,26,28). The number of likely N-dealkylation sites (tertiary alicyclic amines) is 1. The number of nitrogens with one attached hydrogen (secondary N) is 1. The number of rotatable bonds is 5. The summed E-state index contributed by atoms with van der Waals surface area (Å²) in [4.78, 5) is 30.1. The highest BCUT2D eigenvalue weighted by Crippen LogP contribution is 2.33. The molecule has 32 heavy (non-hydrogen) atoms. The minimum Gasteiger partial charge on any atom is -0.449 e. The van der Waals surface area contributed by atoms with E-state index in [0.29, 0.717) is 42.2 Å². The van der Waals surface area contributed by atoms with Gasteiger partial charge in [-0.1, -0.05) is 12.1 Å². The Balaban J connectivity index is 1.50. The first-order valence-electron chi connectivity index (χ1n) is 10.4. The first kappa shape index (κ1) is 23.9. The Kier molecular flexibility index (Phi) is 7.65. The summed E-state index contributed by atoms with van der Waals surface area (Å²) in [5.41, 5.74) is 0.157. The van der Waals surface area contributed by atoms with E-state index in [1.165, 1.54) is 5.38 Å². The van der Waals surface area contributed by atoms with Gasteiger partial charge in [-0.3, -0.25) is 5.32 Å². The molecule has 2 aromatic rings. The van der Waals surface area contributed by atoms with Gasteiger partial charge in [0.2, 0.25) is 0 Å². The first-order chi connectivity index (χ1) is 15.1. The number of piperidine rings is 1. The summed E-state index contributed by atoms with van der Waals surface area (Å²) in [6.07, 6.45) is -2.19. The molecule has 0 saturated carbocycles. The van der Waals surface area contributed by atoms with Crippen LogP contribution in [0, 0.1) is 5.92 Å². The van der Waals surface area contributed by atoms with Crippen LogP contribution >= 0.6 is 11.3 Å². The molecule has 1 aromatic carbocycles. The van der Waals surface area contributed by atoms with E-state index < -0.39 is 18.1 Å². The van der Waals surface area contributed by atoms with E-state index in [2.05, 4.69) is 10.3 Å². The number of amides is 2. The molecule has 1 aliphatic rings. The number of hydrogen-bond acceptors (Lipinski definition) is 6. The van der Waals surface area contributed by atoms with Crippen LogP contribution in [0.5, 0.6) is 0 Å². The summed E-state index contributed by atoms with van der Waals surface area (Å²) < 4.78 is 36.5. The molecule has 1 saturated heterocycles. The number of alkyl halides is 2. The summed E-state index contributed by atoms with van der Waals surface area (Å²) >= 11 is 1.09. The predicted octanol–water partition coefficient (Wildman–Crippen LogP) is 5.94. The van der Waals surface area contributed by atoms with Crippen LogP contribution in [0.15, 0.2) is 29.6 Å². The summed E-state index contributed by atoms with van der Waals surface area (Å²) in [6.45, 7) is 6.80. The molecular formula is C22H27F2N3O4S. The van der Waals surface area contributed by atoms with Crippen molar-refractivity contribution in [3.8, 4) is 10.6 Å². The van der Waals surface area contributed by atoms with Gasteiger partial charge in [-0.05, 0) is 51.7 Å². The molecule has 1 aromatic heterocycles. The zero-order valence-corrected chi connectivity index (χ0v) is 19.1. The number of carbonyl (C=O) groups is 2. The van der Waals surface area contributed by atoms with Crippen molar-refractivity contribution in [3.63, 3.8) is 0 Å². The number of halogens is 2. The molecule has 0 bridgehead atoms. The second kappa shape index (κ2) is 10.2. The quantitative estimate of drug-likeness (QED) is 0.588. The van der Waals surface area contributed by atoms with Gasteiger partial charge in [-0.15, -0.1) is 11.3 Å². The number of hydrogen-bond donors (Lipinski definition) is 1. The van der Waals surface area contributed by atoms with Crippen LogP contribution in [0.4, 0.5) is 24.1 Å². The fraction of sp³-hybridized carbons (Fsp3) is 0.500. The summed E-state index contributed by atoms with van der Waals surface area (Å²) in [5.74, 6) is 0.141. The lowest BCUT2D eigenvalue weighted by molar-refractivity contribution is 0.0153. The van der Waals surface area contributed by atoms with E-state index in [0.717, 1.165) is 11.3 Å². The normalized spacial score (nSPS) is 15.0. The van der Waals surface area contributed by atoms with Gasteiger partial charge in [0.25, 0.3) is 6.43 Å². The van der Waals surface area contributed by atoms with Crippen LogP contribution in [-0.4, -0.2) is 47.4 Å². The lowest BCUT2D eigenvalue weighted by Gasteiger charge is -2.33. The Bertz CT molecular complexity index is 937. The second-order valence-electron chi connectivity index (χ2n) is 8.56. The second-order valence-corrected chi connectivity index (χ2v) is 9.42. The van der Waals surface area contributed by atoms with Gasteiger partial charge in [0.05, 0.1) is 12.3 Å². The van der Waals surface area contributed by atoms with Crippen molar-refractivity contribution in [2.45, 2.75) is 45.6 Å². The fourth-order valence-corrected chi connectivity index (χ4v) is 4.09. The lowest BCUT2D eigenvalue weighted by Crippen LogP contribution is -2.42. The number of benzene rings is 1. The third-order valence-corrected chi connectivity index (χ3v) is 5.75. The Morgan fingerprint density at radius 3 is 2.56 bits per heavy atom. The number of aromatic nitrogens is 1. The smallest absolute Gasteiger partial charge is 0.411 e. The Morgan fingerprint density at radius 2 is 1.94 bits per heavy atom. The molecule has 174 valence electrons. The van der Waals surface area contributed by atoms with Crippen molar-refractivity contribution in [2.75, 3.05) is 25.0 Å². The van der Waals surface area contributed by atoms with Crippen molar-refractivity contribution in [1.82, 2.24) is 9.88 Å². The summed E-state index contributed by atoms with van der Waals surface area (Å²) in [7, 11) is 0. The molecule has 3 rings (SSSR count). The third-order valence-electron chi connectivity index (χ3n) is 4.86. The zero-order chi connectivity index (χ0) is 23.3. The molecule has 10 heteroatoms. The van der Waals surface area contributed by atoms with Gasteiger partial charge >= 0.3 is 12.2 Å². The van der Waals surface area contributed by atoms with E-state index in [4.69, 9.17) is 9.47 Å². The maximum absolute atomic E-state index is 12.9. The van der Waals surface area contributed by atoms with Crippen LogP contribution in [0.1, 0.15) is 45.7 Å². The van der Waals surface area contributed by atoms with Crippen molar-refractivity contribution in [2.24, 2.45) is 5.92 Å². The molecule has 1 aliphatic heterocycles. The Hall–Kier alpha value is -2.75. The monoisotopic (exact) mass is 467 g/mol. The number of thiazole rings is 1. The highest BCUT2D eigenvalue weighted by Gasteiger charge is 2.27. The third kappa shape index (κ3) is 6.62. The van der Waals surface area contributed by atoms with Crippen LogP contribution < -0.4 is 5.32 Å².